The number of rotatable bonds is 6. The van der Waals surface area contributed by atoms with Crippen LogP contribution in [0.3, 0.4) is 0 Å². The first kappa shape index (κ1) is 19.9. The first-order valence-electron chi connectivity index (χ1n) is 8.37. The molecule has 0 unspecified atom stereocenters. The summed E-state index contributed by atoms with van der Waals surface area (Å²) in [5, 5.41) is 3.87. The Morgan fingerprint density at radius 3 is 2.39 bits per heavy atom. The van der Waals surface area contributed by atoms with Crippen molar-refractivity contribution < 1.29 is 17.3 Å². The largest absolute Gasteiger partial charge is 0.356 e. The highest BCUT2D eigenvalue weighted by atomic mass is 32.2. The van der Waals surface area contributed by atoms with E-state index in [0.717, 1.165) is 16.4 Å². The summed E-state index contributed by atoms with van der Waals surface area (Å²) in [6, 6.07) is 6.41. The molecule has 0 aliphatic carbocycles. The van der Waals surface area contributed by atoms with Crippen molar-refractivity contribution in [2.45, 2.75) is 18.4 Å². The van der Waals surface area contributed by atoms with Crippen molar-refractivity contribution in [1.29, 1.82) is 0 Å². The van der Waals surface area contributed by atoms with Crippen molar-refractivity contribution in [2.24, 2.45) is 0 Å². The molecular weight excluding hydrogens is 385 g/mol. The van der Waals surface area contributed by atoms with Gasteiger partial charge in [0.15, 0.2) is 5.76 Å². The number of anilines is 1. The molecule has 3 rings (SSSR count). The summed E-state index contributed by atoms with van der Waals surface area (Å²) in [6.45, 7) is 1.75. The van der Waals surface area contributed by atoms with E-state index in [2.05, 4.69) is 15.1 Å². The Balaban J connectivity index is 1.99. The molecule has 0 radical (unpaired) electrons. The lowest BCUT2D eigenvalue weighted by molar-refractivity contribution is 0.424. The minimum atomic E-state index is -3.83. The minimum absolute atomic E-state index is 0.00431. The average Bonchev–Trinajstić information content (AvgIpc) is 3.08. The summed E-state index contributed by atoms with van der Waals surface area (Å²) in [6.07, 6.45) is 1.58. The maximum Gasteiger partial charge on any atom is 0.243 e. The molecule has 1 aromatic carbocycles. The van der Waals surface area contributed by atoms with Gasteiger partial charge >= 0.3 is 0 Å². The second kappa shape index (κ2) is 7.64. The number of aryl methyl sites for hydroxylation is 1. The van der Waals surface area contributed by atoms with Crippen LogP contribution < -0.4 is 4.90 Å². The molecule has 0 atom stereocenters. The van der Waals surface area contributed by atoms with Crippen molar-refractivity contribution in [2.75, 3.05) is 26.0 Å². The molecule has 8 nitrogen and oxygen atoms in total. The summed E-state index contributed by atoms with van der Waals surface area (Å²) in [5.41, 5.74) is 1.69. The summed E-state index contributed by atoms with van der Waals surface area (Å²) in [5.74, 6) is 0.379. The van der Waals surface area contributed by atoms with Crippen molar-refractivity contribution in [3.8, 4) is 11.3 Å². The standard InChI is InChI=1S/C18H20FN5O3S/c1-12-9-17(27-22-12)15-10-20-18(23(2)3)21-16(15)11-24(4)28(25,26)14-7-5-13(19)6-8-14/h5-10H,11H2,1-4H3. The van der Waals surface area contributed by atoms with E-state index in [1.54, 1.807) is 38.2 Å². The van der Waals surface area contributed by atoms with E-state index < -0.39 is 15.8 Å². The van der Waals surface area contributed by atoms with Gasteiger partial charge in [-0.2, -0.15) is 4.31 Å². The molecule has 0 N–H and O–H groups in total. The summed E-state index contributed by atoms with van der Waals surface area (Å²) in [7, 11) is 1.18. The minimum Gasteiger partial charge on any atom is -0.356 e. The molecule has 0 spiro atoms. The molecule has 3 aromatic rings. The molecular formula is C18H20FN5O3S. The van der Waals surface area contributed by atoms with E-state index in [1.165, 1.54) is 19.2 Å². The Morgan fingerprint density at radius 1 is 1.14 bits per heavy atom. The molecule has 2 aromatic heterocycles. The Kier molecular flexibility index (Phi) is 5.43. The highest BCUT2D eigenvalue weighted by molar-refractivity contribution is 7.89. The topological polar surface area (TPSA) is 92.4 Å². The number of sulfonamides is 1. The fraction of sp³-hybridized carbons (Fsp3) is 0.278. The third-order valence-corrected chi connectivity index (χ3v) is 5.86. The van der Waals surface area contributed by atoms with Crippen LogP contribution in [0.15, 0.2) is 45.9 Å². The van der Waals surface area contributed by atoms with Crippen molar-refractivity contribution in [3.05, 3.63) is 53.7 Å². The molecule has 28 heavy (non-hydrogen) atoms. The Morgan fingerprint density at radius 2 is 1.82 bits per heavy atom. The third-order valence-electron chi connectivity index (χ3n) is 4.04. The van der Waals surface area contributed by atoms with Crippen molar-refractivity contribution in [1.82, 2.24) is 19.4 Å². The Bertz CT molecular complexity index is 1080. The van der Waals surface area contributed by atoms with Crippen molar-refractivity contribution >= 4 is 16.0 Å². The van der Waals surface area contributed by atoms with Gasteiger partial charge in [-0.1, -0.05) is 5.16 Å². The lowest BCUT2D eigenvalue weighted by atomic mass is 10.1. The number of aromatic nitrogens is 3. The van der Waals surface area contributed by atoms with E-state index >= 15 is 0 Å². The van der Waals surface area contributed by atoms with Gasteiger partial charge in [-0.05, 0) is 31.2 Å². The normalized spacial score (nSPS) is 11.8. The first-order chi connectivity index (χ1) is 13.2. The van der Waals surface area contributed by atoms with Crippen molar-refractivity contribution in [3.63, 3.8) is 0 Å². The molecule has 10 heteroatoms. The molecule has 0 saturated carbocycles. The smallest absolute Gasteiger partial charge is 0.243 e. The van der Waals surface area contributed by atoms with Crippen LogP contribution in [0.25, 0.3) is 11.3 Å². The van der Waals surface area contributed by atoms with Crippen LogP contribution in [0.1, 0.15) is 11.4 Å². The molecule has 0 amide bonds. The molecule has 0 fully saturated rings. The molecule has 2 heterocycles. The highest BCUT2D eigenvalue weighted by Gasteiger charge is 2.24. The maximum atomic E-state index is 13.1. The fourth-order valence-electron chi connectivity index (χ4n) is 2.52. The van der Waals surface area contributed by atoms with Gasteiger partial charge in [0.05, 0.1) is 28.4 Å². The van der Waals surface area contributed by atoms with Crippen LogP contribution in [-0.2, 0) is 16.6 Å². The predicted molar refractivity (Wildman–Crippen MR) is 102 cm³/mol. The van der Waals surface area contributed by atoms with Crippen LogP contribution in [0.5, 0.6) is 0 Å². The van der Waals surface area contributed by atoms with Gasteiger partial charge in [0.1, 0.15) is 5.82 Å². The summed E-state index contributed by atoms with van der Waals surface area (Å²) >= 11 is 0. The lowest BCUT2D eigenvalue weighted by Crippen LogP contribution is -2.27. The van der Waals surface area contributed by atoms with Crippen LogP contribution in [0.2, 0.25) is 0 Å². The average molecular weight is 405 g/mol. The molecule has 148 valence electrons. The van der Waals surface area contributed by atoms with Crippen LogP contribution in [-0.4, -0.2) is 49.0 Å². The van der Waals surface area contributed by atoms with Gasteiger partial charge in [-0.25, -0.2) is 22.8 Å². The Labute approximate surface area is 162 Å². The van der Waals surface area contributed by atoms with Gasteiger partial charge in [0, 0.05) is 33.4 Å². The SMILES string of the molecule is Cc1cc(-c2cnc(N(C)C)nc2CN(C)S(=O)(=O)c2ccc(F)cc2)on1. The quantitative estimate of drug-likeness (QED) is 0.622. The predicted octanol–water partition coefficient (Wildman–Crippen LogP) is 2.47. The van der Waals surface area contributed by atoms with Gasteiger partial charge in [-0.15, -0.1) is 0 Å². The monoisotopic (exact) mass is 405 g/mol. The van der Waals surface area contributed by atoms with E-state index in [4.69, 9.17) is 4.52 Å². The second-order valence-corrected chi connectivity index (χ2v) is 8.52. The van der Waals surface area contributed by atoms with Crippen LogP contribution >= 0.6 is 0 Å². The van der Waals surface area contributed by atoms with E-state index in [9.17, 15) is 12.8 Å². The molecule has 0 bridgehead atoms. The summed E-state index contributed by atoms with van der Waals surface area (Å²) in [4.78, 5) is 10.5. The van der Waals surface area contributed by atoms with Crippen LogP contribution in [0.4, 0.5) is 10.3 Å². The number of hydrogen-bond donors (Lipinski definition) is 0. The zero-order valence-electron chi connectivity index (χ0n) is 15.9. The molecule has 0 saturated heterocycles. The Hall–Kier alpha value is -2.85. The lowest BCUT2D eigenvalue weighted by Gasteiger charge is -2.19. The van der Waals surface area contributed by atoms with Gasteiger partial charge in [0.2, 0.25) is 16.0 Å². The molecule has 0 aliphatic heterocycles. The van der Waals surface area contributed by atoms with Crippen LogP contribution in [0, 0.1) is 12.7 Å². The van der Waals surface area contributed by atoms with E-state index in [1.807, 2.05) is 0 Å². The zero-order valence-corrected chi connectivity index (χ0v) is 16.7. The van der Waals surface area contributed by atoms with Gasteiger partial charge < -0.3 is 9.42 Å². The number of nitrogens with zero attached hydrogens (tertiary/aromatic N) is 5. The van der Waals surface area contributed by atoms with Gasteiger partial charge in [-0.3, -0.25) is 0 Å². The fourth-order valence-corrected chi connectivity index (χ4v) is 3.65. The number of hydrogen-bond acceptors (Lipinski definition) is 7. The first-order valence-corrected chi connectivity index (χ1v) is 9.81. The number of benzene rings is 1. The molecule has 0 aliphatic rings. The summed E-state index contributed by atoms with van der Waals surface area (Å²) < 4.78 is 45.3. The van der Waals surface area contributed by atoms with Gasteiger partial charge in [0.25, 0.3) is 0 Å². The number of halogens is 1. The zero-order chi connectivity index (χ0) is 20.5. The second-order valence-electron chi connectivity index (χ2n) is 6.47. The maximum absolute atomic E-state index is 13.1. The third kappa shape index (κ3) is 4.02. The van der Waals surface area contributed by atoms with E-state index in [0.29, 0.717) is 28.7 Å². The van der Waals surface area contributed by atoms with E-state index in [-0.39, 0.29) is 11.4 Å². The highest BCUT2D eigenvalue weighted by Crippen LogP contribution is 2.26.